The van der Waals surface area contributed by atoms with Crippen LogP contribution in [0.3, 0.4) is 0 Å². The maximum atomic E-state index is 12.5. The second kappa shape index (κ2) is 3.68. The Balaban J connectivity index is 2.03. The molecule has 1 amide bonds. The van der Waals surface area contributed by atoms with Crippen LogP contribution in [0.25, 0.3) is 11.1 Å². The Kier molecular flexibility index (Phi) is 2.09. The van der Waals surface area contributed by atoms with Crippen LogP contribution in [0.15, 0.2) is 48.5 Å². The van der Waals surface area contributed by atoms with Gasteiger partial charge in [-0.2, -0.15) is 0 Å². The topological polar surface area (TPSA) is 32.8 Å². The van der Waals surface area contributed by atoms with Crippen molar-refractivity contribution in [1.29, 1.82) is 0 Å². The number of fused-ring (bicyclic) bond motifs is 5. The van der Waals surface area contributed by atoms with Gasteiger partial charge in [0.1, 0.15) is 6.10 Å². The molecule has 2 aromatic rings. The van der Waals surface area contributed by atoms with Gasteiger partial charge in [0.05, 0.1) is 0 Å². The van der Waals surface area contributed by atoms with E-state index in [1.54, 1.807) is 11.9 Å². The highest BCUT2D eigenvalue weighted by molar-refractivity contribution is 6.02. The number of benzene rings is 2. The van der Waals surface area contributed by atoms with Gasteiger partial charge in [0.25, 0.3) is 5.91 Å². The SMILES string of the molecule is CN1C(=O)c2ccccc2-c2ccccc2C2OC21. The molecular weight excluding hydrogens is 238 g/mol. The van der Waals surface area contributed by atoms with Crippen molar-refractivity contribution >= 4 is 5.91 Å². The first-order chi connectivity index (χ1) is 9.27. The fraction of sp³-hybridized carbons (Fsp3) is 0.188. The molecule has 1 fully saturated rings. The molecule has 0 N–H and O–H groups in total. The number of amides is 1. The summed E-state index contributed by atoms with van der Waals surface area (Å²) in [4.78, 5) is 14.2. The van der Waals surface area contributed by atoms with Gasteiger partial charge in [0, 0.05) is 12.6 Å². The molecule has 2 aliphatic rings. The van der Waals surface area contributed by atoms with Crippen LogP contribution in [0.5, 0.6) is 0 Å². The molecule has 3 heteroatoms. The van der Waals surface area contributed by atoms with Crippen LogP contribution in [0.4, 0.5) is 0 Å². The van der Waals surface area contributed by atoms with Gasteiger partial charge in [-0.05, 0) is 22.8 Å². The number of carbonyl (C=O) groups is 1. The van der Waals surface area contributed by atoms with E-state index < -0.39 is 0 Å². The van der Waals surface area contributed by atoms with E-state index in [1.807, 2.05) is 36.4 Å². The first-order valence-corrected chi connectivity index (χ1v) is 6.38. The molecule has 2 aromatic carbocycles. The van der Waals surface area contributed by atoms with E-state index >= 15 is 0 Å². The maximum absolute atomic E-state index is 12.5. The van der Waals surface area contributed by atoms with Gasteiger partial charge in [-0.3, -0.25) is 4.79 Å². The second-order valence-corrected chi connectivity index (χ2v) is 5.00. The highest BCUT2D eigenvalue weighted by atomic mass is 16.6. The predicted molar refractivity (Wildman–Crippen MR) is 71.6 cm³/mol. The lowest BCUT2D eigenvalue weighted by Gasteiger charge is -2.21. The van der Waals surface area contributed by atoms with E-state index in [9.17, 15) is 4.79 Å². The zero-order chi connectivity index (χ0) is 13.0. The lowest BCUT2D eigenvalue weighted by Crippen LogP contribution is -2.31. The van der Waals surface area contributed by atoms with Crippen molar-refractivity contribution in [2.24, 2.45) is 0 Å². The Labute approximate surface area is 111 Å². The molecule has 1 saturated heterocycles. The Morgan fingerprint density at radius 1 is 0.947 bits per heavy atom. The van der Waals surface area contributed by atoms with Crippen molar-refractivity contribution in [2.75, 3.05) is 7.05 Å². The summed E-state index contributed by atoms with van der Waals surface area (Å²) in [5.41, 5.74) is 4.00. The van der Waals surface area contributed by atoms with E-state index in [1.165, 1.54) is 5.56 Å². The summed E-state index contributed by atoms with van der Waals surface area (Å²) >= 11 is 0. The van der Waals surface area contributed by atoms with E-state index in [2.05, 4.69) is 12.1 Å². The van der Waals surface area contributed by atoms with E-state index in [0.29, 0.717) is 0 Å². The summed E-state index contributed by atoms with van der Waals surface area (Å²) in [5.74, 6) is 0.0256. The minimum atomic E-state index is -0.123. The van der Waals surface area contributed by atoms with Gasteiger partial charge < -0.3 is 9.64 Å². The number of rotatable bonds is 0. The first-order valence-electron chi connectivity index (χ1n) is 6.38. The van der Waals surface area contributed by atoms with Crippen molar-refractivity contribution in [2.45, 2.75) is 12.3 Å². The average molecular weight is 251 g/mol. The summed E-state index contributed by atoms with van der Waals surface area (Å²) < 4.78 is 5.68. The molecule has 94 valence electrons. The van der Waals surface area contributed by atoms with Crippen LogP contribution in [-0.4, -0.2) is 24.1 Å². The Morgan fingerprint density at radius 3 is 2.37 bits per heavy atom. The molecule has 0 aromatic heterocycles. The van der Waals surface area contributed by atoms with Crippen molar-refractivity contribution < 1.29 is 9.53 Å². The smallest absolute Gasteiger partial charge is 0.256 e. The van der Waals surface area contributed by atoms with Gasteiger partial charge in [-0.15, -0.1) is 0 Å². The third-order valence-electron chi connectivity index (χ3n) is 3.89. The number of likely N-dealkylation sites (N-methyl/N-ethyl adjacent to an activating group) is 1. The summed E-state index contributed by atoms with van der Waals surface area (Å²) in [5, 5.41) is 0. The molecule has 0 spiro atoms. The van der Waals surface area contributed by atoms with E-state index in [0.717, 1.165) is 16.7 Å². The fourth-order valence-electron chi connectivity index (χ4n) is 2.83. The van der Waals surface area contributed by atoms with Gasteiger partial charge in [0.2, 0.25) is 0 Å². The normalized spacial score (nSPS) is 23.8. The quantitative estimate of drug-likeness (QED) is 0.674. The van der Waals surface area contributed by atoms with Crippen LogP contribution in [0.1, 0.15) is 22.0 Å². The molecule has 0 bridgehead atoms. The van der Waals surface area contributed by atoms with Gasteiger partial charge >= 0.3 is 0 Å². The molecule has 0 saturated carbocycles. The number of hydrogen-bond donors (Lipinski definition) is 0. The molecule has 19 heavy (non-hydrogen) atoms. The van der Waals surface area contributed by atoms with Crippen molar-refractivity contribution in [3.63, 3.8) is 0 Å². The predicted octanol–water partition coefficient (Wildman–Crippen LogP) is 2.84. The highest BCUT2D eigenvalue weighted by Crippen LogP contribution is 2.47. The van der Waals surface area contributed by atoms with Crippen molar-refractivity contribution in [1.82, 2.24) is 4.90 Å². The molecule has 0 radical (unpaired) electrons. The van der Waals surface area contributed by atoms with Crippen LogP contribution in [0.2, 0.25) is 0 Å². The highest BCUT2D eigenvalue weighted by Gasteiger charge is 2.48. The largest absolute Gasteiger partial charge is 0.342 e. The first kappa shape index (κ1) is 10.8. The zero-order valence-electron chi connectivity index (χ0n) is 10.5. The summed E-state index contributed by atoms with van der Waals surface area (Å²) in [7, 11) is 1.80. The third kappa shape index (κ3) is 1.45. The average Bonchev–Trinajstić information content (AvgIpc) is 3.25. The molecule has 2 atom stereocenters. The molecule has 4 rings (SSSR count). The Bertz CT molecular complexity index is 680. The standard InChI is InChI=1S/C16H13NO2/c1-17-15(18)13-9-5-3-7-11(13)10-6-2-4-8-12(10)14-16(17)19-14/h2-9,14,16H,1H3. The minimum Gasteiger partial charge on any atom is -0.342 e. The maximum Gasteiger partial charge on any atom is 0.256 e. The van der Waals surface area contributed by atoms with Crippen LogP contribution in [0, 0.1) is 0 Å². The Hall–Kier alpha value is -2.13. The van der Waals surface area contributed by atoms with Crippen LogP contribution >= 0.6 is 0 Å². The lowest BCUT2D eigenvalue weighted by atomic mass is 9.92. The van der Waals surface area contributed by atoms with Gasteiger partial charge in [-0.1, -0.05) is 42.5 Å². The lowest BCUT2D eigenvalue weighted by molar-refractivity contribution is 0.0726. The molecule has 0 aliphatic carbocycles. The fourth-order valence-corrected chi connectivity index (χ4v) is 2.83. The molecule has 3 nitrogen and oxygen atoms in total. The number of carbonyl (C=O) groups excluding carboxylic acids is 1. The van der Waals surface area contributed by atoms with Crippen LogP contribution in [-0.2, 0) is 4.74 Å². The van der Waals surface area contributed by atoms with Gasteiger partial charge in [0.15, 0.2) is 6.23 Å². The number of nitrogens with zero attached hydrogens (tertiary/aromatic N) is 1. The number of epoxide rings is 1. The third-order valence-corrected chi connectivity index (χ3v) is 3.89. The second-order valence-electron chi connectivity index (χ2n) is 5.00. The van der Waals surface area contributed by atoms with Crippen molar-refractivity contribution in [3.05, 3.63) is 59.7 Å². The zero-order valence-corrected chi connectivity index (χ0v) is 10.5. The summed E-state index contributed by atoms with van der Waals surface area (Å²) in [6, 6.07) is 15.9. The summed E-state index contributed by atoms with van der Waals surface area (Å²) in [6.45, 7) is 0. The van der Waals surface area contributed by atoms with Crippen molar-refractivity contribution in [3.8, 4) is 11.1 Å². The summed E-state index contributed by atoms with van der Waals surface area (Å²) in [6.07, 6.45) is -0.111. The Morgan fingerprint density at radius 2 is 1.58 bits per heavy atom. The van der Waals surface area contributed by atoms with E-state index in [4.69, 9.17) is 4.74 Å². The minimum absolute atomic E-state index is 0.0125. The molecular formula is C16H13NO2. The van der Waals surface area contributed by atoms with E-state index in [-0.39, 0.29) is 18.2 Å². The molecule has 2 heterocycles. The molecule has 2 aliphatic heterocycles. The number of ether oxygens (including phenoxy) is 1. The monoisotopic (exact) mass is 251 g/mol. The molecule has 2 unspecified atom stereocenters. The number of hydrogen-bond acceptors (Lipinski definition) is 2. The van der Waals surface area contributed by atoms with Crippen LogP contribution < -0.4 is 0 Å². The van der Waals surface area contributed by atoms with Gasteiger partial charge in [-0.25, -0.2) is 0 Å².